The Balaban J connectivity index is 2.16. The summed E-state index contributed by atoms with van der Waals surface area (Å²) >= 11 is 0. The quantitative estimate of drug-likeness (QED) is 0.814. The summed E-state index contributed by atoms with van der Waals surface area (Å²) in [6.45, 7) is 6.36. The van der Waals surface area contributed by atoms with Crippen molar-refractivity contribution in [3.63, 3.8) is 0 Å². The fourth-order valence-electron chi connectivity index (χ4n) is 2.68. The van der Waals surface area contributed by atoms with E-state index in [0.29, 0.717) is 5.69 Å². The van der Waals surface area contributed by atoms with Gasteiger partial charge in [0, 0.05) is 16.9 Å². The fourth-order valence-corrected chi connectivity index (χ4v) is 2.68. The van der Waals surface area contributed by atoms with Crippen molar-refractivity contribution in [3.8, 4) is 0 Å². The van der Waals surface area contributed by atoms with Crippen LogP contribution >= 0.6 is 0 Å². The van der Waals surface area contributed by atoms with Gasteiger partial charge in [-0.2, -0.15) is 0 Å². The number of aromatic amines is 1. The van der Waals surface area contributed by atoms with Crippen molar-refractivity contribution < 1.29 is 4.79 Å². The summed E-state index contributed by atoms with van der Waals surface area (Å²) in [6, 6.07) is 8.32. The van der Waals surface area contributed by atoms with E-state index in [1.807, 2.05) is 18.2 Å². The molecule has 0 aliphatic rings. The van der Waals surface area contributed by atoms with E-state index in [1.54, 1.807) is 0 Å². The Kier molecular flexibility index (Phi) is 4.83. The van der Waals surface area contributed by atoms with E-state index in [9.17, 15) is 4.79 Å². The van der Waals surface area contributed by atoms with Crippen molar-refractivity contribution >= 4 is 16.8 Å². The molecule has 3 nitrogen and oxygen atoms in total. The van der Waals surface area contributed by atoms with Gasteiger partial charge in [0.2, 0.25) is 0 Å². The van der Waals surface area contributed by atoms with E-state index in [2.05, 4.69) is 37.1 Å². The standard InChI is InChI=1S/C17H24N2O/c1-4-7-14(8-5-2)18-17(20)15-11-13-10-6-9-12(3)16(13)19-15/h6,9-11,14,19H,4-5,7-8H2,1-3H3,(H,18,20). The Morgan fingerprint density at radius 2 is 1.95 bits per heavy atom. The molecule has 1 aromatic heterocycles. The van der Waals surface area contributed by atoms with E-state index in [-0.39, 0.29) is 11.9 Å². The molecule has 0 spiro atoms. The van der Waals surface area contributed by atoms with Gasteiger partial charge in [-0.3, -0.25) is 4.79 Å². The maximum atomic E-state index is 12.3. The Labute approximate surface area is 120 Å². The molecule has 2 aromatic rings. The molecule has 1 amide bonds. The molecule has 0 saturated heterocycles. The number of hydrogen-bond acceptors (Lipinski definition) is 1. The molecule has 2 N–H and O–H groups in total. The number of amides is 1. The number of benzene rings is 1. The van der Waals surface area contributed by atoms with Gasteiger partial charge in [0.25, 0.3) is 5.91 Å². The molecule has 2 rings (SSSR count). The van der Waals surface area contributed by atoms with Gasteiger partial charge < -0.3 is 10.3 Å². The van der Waals surface area contributed by atoms with Crippen LogP contribution in [0.3, 0.4) is 0 Å². The average molecular weight is 272 g/mol. The minimum atomic E-state index is 0.00694. The van der Waals surface area contributed by atoms with Crippen molar-refractivity contribution in [2.45, 2.75) is 52.5 Å². The zero-order chi connectivity index (χ0) is 14.5. The third-order valence-electron chi connectivity index (χ3n) is 3.72. The van der Waals surface area contributed by atoms with Gasteiger partial charge in [-0.05, 0) is 31.4 Å². The van der Waals surface area contributed by atoms with Gasteiger partial charge >= 0.3 is 0 Å². The highest BCUT2D eigenvalue weighted by molar-refractivity contribution is 5.98. The predicted molar refractivity (Wildman–Crippen MR) is 84.1 cm³/mol. The van der Waals surface area contributed by atoms with Crippen LogP contribution in [0.25, 0.3) is 10.9 Å². The second-order valence-electron chi connectivity index (χ2n) is 5.47. The van der Waals surface area contributed by atoms with E-state index in [4.69, 9.17) is 0 Å². The first-order chi connectivity index (χ1) is 9.65. The van der Waals surface area contributed by atoms with E-state index in [1.165, 1.54) is 5.56 Å². The molecule has 108 valence electrons. The highest BCUT2D eigenvalue weighted by atomic mass is 16.1. The fraction of sp³-hybridized carbons (Fsp3) is 0.471. The van der Waals surface area contributed by atoms with Crippen LogP contribution in [0.2, 0.25) is 0 Å². The van der Waals surface area contributed by atoms with Crippen LogP contribution in [0, 0.1) is 6.92 Å². The number of carbonyl (C=O) groups excluding carboxylic acids is 1. The Morgan fingerprint density at radius 3 is 2.55 bits per heavy atom. The molecular weight excluding hydrogens is 248 g/mol. The van der Waals surface area contributed by atoms with Crippen molar-refractivity contribution in [1.29, 1.82) is 0 Å². The molecule has 0 bridgehead atoms. The largest absolute Gasteiger partial charge is 0.350 e. The maximum absolute atomic E-state index is 12.3. The SMILES string of the molecule is CCCC(CCC)NC(=O)c1cc2cccc(C)c2[nH]1. The lowest BCUT2D eigenvalue weighted by atomic mass is 10.1. The lowest BCUT2D eigenvalue weighted by Gasteiger charge is -2.16. The lowest BCUT2D eigenvalue weighted by molar-refractivity contribution is 0.0928. The molecular formula is C17H24N2O. The molecule has 0 radical (unpaired) electrons. The molecule has 0 fully saturated rings. The van der Waals surface area contributed by atoms with Crippen LogP contribution in [-0.4, -0.2) is 16.9 Å². The highest BCUT2D eigenvalue weighted by Gasteiger charge is 2.14. The number of aryl methyl sites for hydroxylation is 1. The molecule has 0 saturated carbocycles. The molecule has 1 aromatic carbocycles. The van der Waals surface area contributed by atoms with E-state index >= 15 is 0 Å². The molecule has 0 atom stereocenters. The van der Waals surface area contributed by atoms with E-state index < -0.39 is 0 Å². The molecule has 0 unspecified atom stereocenters. The second kappa shape index (κ2) is 6.60. The minimum Gasteiger partial charge on any atom is -0.350 e. The normalized spacial score (nSPS) is 11.2. The molecule has 3 heteroatoms. The van der Waals surface area contributed by atoms with Crippen molar-refractivity contribution in [3.05, 3.63) is 35.5 Å². The zero-order valence-corrected chi connectivity index (χ0v) is 12.6. The number of aromatic nitrogens is 1. The van der Waals surface area contributed by atoms with Crippen molar-refractivity contribution in [2.75, 3.05) is 0 Å². The van der Waals surface area contributed by atoms with Gasteiger partial charge in [-0.1, -0.05) is 44.9 Å². The minimum absolute atomic E-state index is 0.00694. The second-order valence-corrected chi connectivity index (χ2v) is 5.47. The highest BCUT2D eigenvalue weighted by Crippen LogP contribution is 2.19. The lowest BCUT2D eigenvalue weighted by Crippen LogP contribution is -2.34. The molecule has 1 heterocycles. The molecule has 0 aliphatic heterocycles. The van der Waals surface area contributed by atoms with Gasteiger partial charge in [0.05, 0.1) is 0 Å². The number of para-hydroxylation sites is 1. The van der Waals surface area contributed by atoms with Crippen molar-refractivity contribution in [1.82, 2.24) is 10.3 Å². The topological polar surface area (TPSA) is 44.9 Å². The summed E-state index contributed by atoms with van der Waals surface area (Å²) in [5.74, 6) is 0.00694. The summed E-state index contributed by atoms with van der Waals surface area (Å²) in [6.07, 6.45) is 4.27. The number of carbonyl (C=O) groups is 1. The summed E-state index contributed by atoms with van der Waals surface area (Å²) < 4.78 is 0. The summed E-state index contributed by atoms with van der Waals surface area (Å²) in [4.78, 5) is 15.6. The van der Waals surface area contributed by atoms with E-state index in [0.717, 1.165) is 36.6 Å². The maximum Gasteiger partial charge on any atom is 0.267 e. The van der Waals surface area contributed by atoms with Crippen LogP contribution in [0.5, 0.6) is 0 Å². The average Bonchev–Trinajstić information content (AvgIpc) is 2.85. The van der Waals surface area contributed by atoms with Crippen LogP contribution in [0.4, 0.5) is 0 Å². The van der Waals surface area contributed by atoms with Crippen LogP contribution < -0.4 is 5.32 Å². The smallest absolute Gasteiger partial charge is 0.267 e. The van der Waals surface area contributed by atoms with Gasteiger partial charge in [0.1, 0.15) is 5.69 Å². The first kappa shape index (κ1) is 14.6. The number of rotatable bonds is 6. The number of fused-ring (bicyclic) bond motifs is 1. The summed E-state index contributed by atoms with van der Waals surface area (Å²) in [5, 5.41) is 4.24. The van der Waals surface area contributed by atoms with Crippen LogP contribution in [0.1, 0.15) is 55.6 Å². The van der Waals surface area contributed by atoms with Crippen LogP contribution in [-0.2, 0) is 0 Å². The number of H-pyrrole nitrogens is 1. The van der Waals surface area contributed by atoms with Gasteiger partial charge in [-0.15, -0.1) is 0 Å². The van der Waals surface area contributed by atoms with Crippen LogP contribution in [0.15, 0.2) is 24.3 Å². The summed E-state index contributed by atoms with van der Waals surface area (Å²) in [7, 11) is 0. The zero-order valence-electron chi connectivity index (χ0n) is 12.6. The first-order valence-corrected chi connectivity index (χ1v) is 7.54. The predicted octanol–water partition coefficient (Wildman–Crippen LogP) is 4.17. The third kappa shape index (κ3) is 3.21. The summed E-state index contributed by atoms with van der Waals surface area (Å²) in [5.41, 5.74) is 2.88. The molecule has 20 heavy (non-hydrogen) atoms. The Hall–Kier alpha value is -1.77. The van der Waals surface area contributed by atoms with Gasteiger partial charge in [0.15, 0.2) is 0 Å². The monoisotopic (exact) mass is 272 g/mol. The molecule has 0 aliphatic carbocycles. The Bertz CT molecular complexity index is 580. The Morgan fingerprint density at radius 1 is 1.25 bits per heavy atom. The van der Waals surface area contributed by atoms with Gasteiger partial charge in [-0.25, -0.2) is 0 Å². The number of hydrogen-bond donors (Lipinski definition) is 2. The van der Waals surface area contributed by atoms with Crippen molar-refractivity contribution in [2.24, 2.45) is 0 Å². The third-order valence-corrected chi connectivity index (χ3v) is 3.72. The first-order valence-electron chi connectivity index (χ1n) is 7.54. The number of nitrogens with one attached hydrogen (secondary N) is 2.